The van der Waals surface area contributed by atoms with Crippen LogP contribution in [0.25, 0.3) is 6.08 Å². The zero-order valence-electron chi connectivity index (χ0n) is 18.3. The molecule has 1 amide bonds. The van der Waals surface area contributed by atoms with E-state index >= 15 is 0 Å². The van der Waals surface area contributed by atoms with Gasteiger partial charge in [-0.15, -0.1) is 0 Å². The van der Waals surface area contributed by atoms with Gasteiger partial charge in [-0.2, -0.15) is 5.26 Å². The molecule has 0 aromatic heterocycles. The van der Waals surface area contributed by atoms with E-state index in [0.717, 1.165) is 22.6 Å². The highest BCUT2D eigenvalue weighted by Crippen LogP contribution is 2.33. The van der Waals surface area contributed by atoms with Crippen LogP contribution in [0.5, 0.6) is 23.0 Å². The number of hydrogen-bond acceptors (Lipinski definition) is 6. The fourth-order valence-electron chi connectivity index (χ4n) is 3.25. The van der Waals surface area contributed by atoms with Gasteiger partial charge < -0.3 is 24.3 Å². The maximum atomic E-state index is 12.5. The second-order valence-electron chi connectivity index (χ2n) is 7.37. The average molecular weight is 521 g/mol. The van der Waals surface area contributed by atoms with Gasteiger partial charge in [0, 0.05) is 6.54 Å². The summed E-state index contributed by atoms with van der Waals surface area (Å²) in [5, 5.41) is 12.2. The van der Waals surface area contributed by atoms with E-state index in [0.29, 0.717) is 34.7 Å². The number of nitrogens with one attached hydrogen (secondary N) is 1. The Hall–Kier alpha value is -3.96. The summed E-state index contributed by atoms with van der Waals surface area (Å²) in [5.41, 5.74) is 2.55. The van der Waals surface area contributed by atoms with Crippen LogP contribution < -0.4 is 24.3 Å². The Balaban J connectivity index is 1.37. The quantitative estimate of drug-likeness (QED) is 0.332. The van der Waals surface area contributed by atoms with E-state index in [2.05, 4.69) is 21.2 Å². The summed E-state index contributed by atoms with van der Waals surface area (Å²) in [5.74, 6) is 2.36. The van der Waals surface area contributed by atoms with Crippen molar-refractivity contribution in [3.63, 3.8) is 0 Å². The lowest BCUT2D eigenvalue weighted by molar-refractivity contribution is -0.117. The summed E-state index contributed by atoms with van der Waals surface area (Å²) in [6, 6.07) is 20.3. The van der Waals surface area contributed by atoms with E-state index in [9.17, 15) is 10.1 Å². The molecule has 0 saturated heterocycles. The Morgan fingerprint density at radius 1 is 1.09 bits per heavy atom. The molecule has 3 aromatic rings. The largest absolute Gasteiger partial charge is 0.497 e. The molecule has 4 rings (SSSR count). The zero-order chi connectivity index (χ0) is 23.9. The zero-order valence-corrected chi connectivity index (χ0v) is 19.9. The van der Waals surface area contributed by atoms with Crippen molar-refractivity contribution in [1.82, 2.24) is 5.32 Å². The van der Waals surface area contributed by atoms with E-state index in [1.165, 1.54) is 6.08 Å². The molecule has 0 fully saturated rings. The van der Waals surface area contributed by atoms with Crippen LogP contribution in [0.1, 0.15) is 16.7 Å². The van der Waals surface area contributed by atoms with Crippen molar-refractivity contribution >= 4 is 27.9 Å². The highest BCUT2D eigenvalue weighted by molar-refractivity contribution is 9.10. The molecule has 7 nitrogen and oxygen atoms in total. The third-order valence-corrected chi connectivity index (χ3v) is 5.70. The van der Waals surface area contributed by atoms with Crippen LogP contribution in [-0.4, -0.2) is 19.8 Å². The number of benzene rings is 3. The van der Waals surface area contributed by atoms with Crippen molar-refractivity contribution in [2.75, 3.05) is 13.9 Å². The fraction of sp³-hybridized carbons (Fsp3) is 0.154. The second-order valence-corrected chi connectivity index (χ2v) is 8.22. The number of methoxy groups -OCH3 is 1. The summed E-state index contributed by atoms with van der Waals surface area (Å²) < 4.78 is 22.4. The lowest BCUT2D eigenvalue weighted by atomic mass is 10.1. The molecular formula is C26H21BrN2O5. The molecular weight excluding hydrogens is 500 g/mol. The number of nitrogens with zero attached hydrogens (tertiary/aromatic N) is 1. The number of halogens is 1. The Kier molecular flexibility index (Phi) is 7.35. The van der Waals surface area contributed by atoms with Gasteiger partial charge in [0.15, 0.2) is 11.5 Å². The molecule has 34 heavy (non-hydrogen) atoms. The van der Waals surface area contributed by atoms with Crippen molar-refractivity contribution < 1.29 is 23.7 Å². The summed E-state index contributed by atoms with van der Waals surface area (Å²) in [4.78, 5) is 12.5. The van der Waals surface area contributed by atoms with Crippen molar-refractivity contribution in [2.24, 2.45) is 0 Å². The van der Waals surface area contributed by atoms with Crippen LogP contribution in [0.15, 0.2) is 70.7 Å². The van der Waals surface area contributed by atoms with Crippen molar-refractivity contribution in [2.45, 2.75) is 13.2 Å². The SMILES string of the molecule is COc1ccc(CNC(=O)/C(C#N)=C\c2ccc(OCc3ccc4c(c3)OCO4)c(Br)c2)cc1. The lowest BCUT2D eigenvalue weighted by Gasteiger charge is -2.10. The normalized spacial score (nSPS) is 12.1. The van der Waals surface area contributed by atoms with Crippen molar-refractivity contribution in [3.05, 3.63) is 87.4 Å². The number of ether oxygens (including phenoxy) is 4. The van der Waals surface area contributed by atoms with Gasteiger partial charge in [0.2, 0.25) is 6.79 Å². The first kappa shape index (κ1) is 23.2. The number of nitriles is 1. The molecule has 1 aliphatic rings. The molecule has 0 radical (unpaired) electrons. The summed E-state index contributed by atoms with van der Waals surface area (Å²) >= 11 is 3.50. The Bertz CT molecular complexity index is 1270. The minimum atomic E-state index is -0.447. The Labute approximate surface area is 205 Å². The molecule has 0 unspecified atom stereocenters. The minimum absolute atomic E-state index is 0.00874. The van der Waals surface area contributed by atoms with Gasteiger partial charge in [-0.1, -0.05) is 24.3 Å². The van der Waals surface area contributed by atoms with Crippen molar-refractivity contribution in [3.8, 4) is 29.1 Å². The smallest absolute Gasteiger partial charge is 0.262 e. The van der Waals surface area contributed by atoms with E-state index in [1.54, 1.807) is 25.3 Å². The summed E-state index contributed by atoms with van der Waals surface area (Å²) in [6.07, 6.45) is 1.54. The monoisotopic (exact) mass is 520 g/mol. The summed E-state index contributed by atoms with van der Waals surface area (Å²) in [7, 11) is 1.59. The predicted octanol–water partition coefficient (Wildman–Crippen LogP) is 4.99. The molecule has 8 heteroatoms. The number of fused-ring (bicyclic) bond motifs is 1. The van der Waals surface area contributed by atoms with Gasteiger partial charge in [0.25, 0.3) is 5.91 Å². The van der Waals surface area contributed by atoms with Crippen LogP contribution in [-0.2, 0) is 17.9 Å². The van der Waals surface area contributed by atoms with Crippen LogP contribution >= 0.6 is 15.9 Å². The third kappa shape index (κ3) is 5.69. The van der Waals surface area contributed by atoms with Crippen LogP contribution in [0.3, 0.4) is 0 Å². The first-order valence-corrected chi connectivity index (χ1v) is 11.2. The third-order valence-electron chi connectivity index (χ3n) is 5.08. The van der Waals surface area contributed by atoms with Gasteiger partial charge >= 0.3 is 0 Å². The average Bonchev–Trinajstić information content (AvgIpc) is 3.33. The topological polar surface area (TPSA) is 89.8 Å². The predicted molar refractivity (Wildman–Crippen MR) is 129 cm³/mol. The van der Waals surface area contributed by atoms with Crippen molar-refractivity contribution in [1.29, 1.82) is 5.26 Å². The number of amides is 1. The van der Waals surface area contributed by atoms with E-state index in [4.69, 9.17) is 18.9 Å². The Morgan fingerprint density at radius 3 is 2.59 bits per heavy atom. The van der Waals surface area contributed by atoms with Gasteiger partial charge in [0.05, 0.1) is 11.6 Å². The fourth-order valence-corrected chi connectivity index (χ4v) is 3.76. The molecule has 0 spiro atoms. The maximum absolute atomic E-state index is 12.5. The molecule has 3 aromatic carbocycles. The maximum Gasteiger partial charge on any atom is 0.262 e. The molecule has 0 bridgehead atoms. The van der Waals surface area contributed by atoms with Gasteiger partial charge in [-0.25, -0.2) is 0 Å². The lowest BCUT2D eigenvalue weighted by Crippen LogP contribution is -2.23. The van der Waals surface area contributed by atoms with E-state index < -0.39 is 5.91 Å². The number of rotatable bonds is 8. The number of hydrogen-bond donors (Lipinski definition) is 1. The van der Waals surface area contributed by atoms with Crippen LogP contribution in [0, 0.1) is 11.3 Å². The van der Waals surface area contributed by atoms with E-state index in [-0.39, 0.29) is 12.4 Å². The van der Waals surface area contributed by atoms with Crippen LogP contribution in [0.2, 0.25) is 0 Å². The molecule has 172 valence electrons. The summed E-state index contributed by atoms with van der Waals surface area (Å²) in [6.45, 7) is 0.879. The van der Waals surface area contributed by atoms with Gasteiger partial charge in [0.1, 0.15) is 29.7 Å². The Morgan fingerprint density at radius 2 is 1.85 bits per heavy atom. The standard InChI is InChI=1S/C26H21BrN2O5/c1-31-21-6-2-17(3-7-21)14-29-26(30)20(13-28)10-18-4-8-23(22(27)11-18)32-15-19-5-9-24-25(12-19)34-16-33-24/h2-12H,14-16H2,1H3,(H,29,30)/b20-10-. The van der Waals surface area contributed by atoms with Gasteiger partial charge in [-0.05, 0) is 75.1 Å². The van der Waals surface area contributed by atoms with Crippen LogP contribution in [0.4, 0.5) is 0 Å². The highest BCUT2D eigenvalue weighted by Gasteiger charge is 2.14. The highest BCUT2D eigenvalue weighted by atomic mass is 79.9. The first-order chi connectivity index (χ1) is 16.6. The molecule has 1 N–H and O–H groups in total. The first-order valence-electron chi connectivity index (χ1n) is 10.4. The van der Waals surface area contributed by atoms with Gasteiger partial charge in [-0.3, -0.25) is 4.79 Å². The molecule has 1 heterocycles. The minimum Gasteiger partial charge on any atom is -0.497 e. The molecule has 0 aliphatic carbocycles. The second kappa shape index (κ2) is 10.8. The molecule has 0 atom stereocenters. The molecule has 0 saturated carbocycles. The molecule has 1 aliphatic heterocycles. The number of carbonyl (C=O) groups excluding carboxylic acids is 1. The van der Waals surface area contributed by atoms with E-state index in [1.807, 2.05) is 48.5 Å². The number of carbonyl (C=O) groups is 1.